The molecule has 3 N–H and O–H groups in total. The summed E-state index contributed by atoms with van der Waals surface area (Å²) in [5, 5.41) is 18.2. The van der Waals surface area contributed by atoms with Crippen LogP contribution in [-0.4, -0.2) is 65.7 Å². The summed E-state index contributed by atoms with van der Waals surface area (Å²) in [7, 11) is -4.60. The number of unbranched alkanes of at least 4 members (excludes halogenated alkanes) is 19. The van der Waals surface area contributed by atoms with Crippen LogP contribution in [0.25, 0.3) is 0 Å². The monoisotopic (exact) mass is 692 g/mol. The van der Waals surface area contributed by atoms with Crippen molar-refractivity contribution in [1.29, 1.82) is 0 Å². The van der Waals surface area contributed by atoms with Crippen molar-refractivity contribution in [2.45, 2.75) is 180 Å². The van der Waals surface area contributed by atoms with E-state index in [4.69, 9.17) is 19.1 Å². The Morgan fingerprint density at radius 1 is 0.617 bits per heavy atom. The van der Waals surface area contributed by atoms with Gasteiger partial charge in [0.1, 0.15) is 12.7 Å². The number of aliphatic hydroxyl groups excluding tert-OH is 2. The Morgan fingerprint density at radius 3 is 1.53 bits per heavy atom. The number of hydrogen-bond acceptors (Lipinski definition) is 9. The number of carbonyl (C=O) groups is 2. The highest BCUT2D eigenvalue weighted by Gasteiger charge is 2.27. The molecule has 47 heavy (non-hydrogen) atoms. The molecule has 3 atom stereocenters. The minimum atomic E-state index is -4.60. The van der Waals surface area contributed by atoms with E-state index in [1.807, 2.05) is 0 Å². The molecule has 0 heterocycles. The predicted octanol–water partition coefficient (Wildman–Crippen LogP) is 8.89. The second-order valence-corrected chi connectivity index (χ2v) is 14.1. The van der Waals surface area contributed by atoms with E-state index in [0.29, 0.717) is 12.8 Å². The molecular formula is C36H69O10P. The molecule has 0 aliphatic carbocycles. The third-order valence-corrected chi connectivity index (χ3v) is 8.87. The average molecular weight is 693 g/mol. The summed E-state index contributed by atoms with van der Waals surface area (Å²) in [5.74, 6) is -0.936. The third-order valence-electron chi connectivity index (χ3n) is 7.92. The molecule has 3 unspecified atom stereocenters. The molecule has 0 saturated heterocycles. The predicted molar refractivity (Wildman–Crippen MR) is 187 cm³/mol. The minimum Gasteiger partial charge on any atom is -0.462 e. The molecule has 278 valence electrons. The zero-order valence-electron chi connectivity index (χ0n) is 29.8. The summed E-state index contributed by atoms with van der Waals surface area (Å²) in [6, 6.07) is 0. The van der Waals surface area contributed by atoms with Crippen LogP contribution in [0.1, 0.15) is 168 Å². The largest absolute Gasteiger partial charge is 0.472 e. The zero-order chi connectivity index (χ0) is 34.9. The van der Waals surface area contributed by atoms with Gasteiger partial charge in [0.25, 0.3) is 0 Å². The number of carbonyl (C=O) groups excluding carboxylic acids is 2. The molecule has 0 aliphatic heterocycles. The lowest BCUT2D eigenvalue weighted by atomic mass is 10.1. The molecule has 0 amide bonds. The van der Waals surface area contributed by atoms with Gasteiger partial charge in [-0.3, -0.25) is 18.6 Å². The Hall–Kier alpha value is -1.29. The normalized spacial score (nSPS) is 14.2. The number of aliphatic hydroxyl groups is 2. The first kappa shape index (κ1) is 45.7. The van der Waals surface area contributed by atoms with Gasteiger partial charge in [0.2, 0.25) is 0 Å². The lowest BCUT2D eigenvalue weighted by Crippen LogP contribution is -2.29. The van der Waals surface area contributed by atoms with Crippen molar-refractivity contribution in [3.63, 3.8) is 0 Å². The fourth-order valence-corrected chi connectivity index (χ4v) is 5.78. The van der Waals surface area contributed by atoms with Crippen LogP contribution in [0.15, 0.2) is 12.2 Å². The van der Waals surface area contributed by atoms with Crippen molar-refractivity contribution in [2.75, 3.05) is 26.4 Å². The van der Waals surface area contributed by atoms with Crippen LogP contribution in [0.2, 0.25) is 0 Å². The lowest BCUT2D eigenvalue weighted by Gasteiger charge is -2.20. The molecule has 0 aliphatic rings. The molecule has 0 spiro atoms. The zero-order valence-corrected chi connectivity index (χ0v) is 30.6. The maximum absolute atomic E-state index is 12.5. The highest BCUT2D eigenvalue weighted by Crippen LogP contribution is 2.43. The summed E-state index contributed by atoms with van der Waals surface area (Å²) >= 11 is 0. The van der Waals surface area contributed by atoms with Crippen molar-refractivity contribution in [3.05, 3.63) is 12.2 Å². The summed E-state index contributed by atoms with van der Waals surface area (Å²) in [5.41, 5.74) is 0. The van der Waals surface area contributed by atoms with Crippen molar-refractivity contribution < 1.29 is 47.8 Å². The van der Waals surface area contributed by atoms with Gasteiger partial charge in [-0.15, -0.1) is 0 Å². The van der Waals surface area contributed by atoms with Crippen molar-refractivity contribution in [3.8, 4) is 0 Å². The van der Waals surface area contributed by atoms with E-state index in [9.17, 15) is 24.2 Å². The summed E-state index contributed by atoms with van der Waals surface area (Å²) in [6.45, 7) is 2.32. The van der Waals surface area contributed by atoms with Crippen molar-refractivity contribution in [1.82, 2.24) is 0 Å². The fourth-order valence-electron chi connectivity index (χ4n) is 4.99. The van der Waals surface area contributed by atoms with Crippen LogP contribution in [-0.2, 0) is 32.7 Å². The summed E-state index contributed by atoms with van der Waals surface area (Å²) < 4.78 is 32.5. The van der Waals surface area contributed by atoms with Gasteiger partial charge in [0, 0.05) is 12.8 Å². The Balaban J connectivity index is 4.34. The van der Waals surface area contributed by atoms with Crippen LogP contribution >= 0.6 is 7.82 Å². The van der Waals surface area contributed by atoms with Crippen LogP contribution in [0, 0.1) is 0 Å². The van der Waals surface area contributed by atoms with Gasteiger partial charge in [0.05, 0.1) is 19.8 Å². The quantitative estimate of drug-likeness (QED) is 0.0254. The SMILES string of the molecule is CCCCCCCCC/C=C\CCCCCCCC(=O)OC(COC(=O)CCCCCCCCCC)COP(=O)(O)OCC(O)CO. The minimum absolute atomic E-state index is 0.178. The number of ether oxygens (including phenoxy) is 2. The Labute approximate surface area is 286 Å². The van der Waals surface area contributed by atoms with Gasteiger partial charge in [-0.05, 0) is 38.5 Å². The van der Waals surface area contributed by atoms with Crippen LogP contribution in [0.5, 0.6) is 0 Å². The van der Waals surface area contributed by atoms with Crippen molar-refractivity contribution >= 4 is 19.8 Å². The molecule has 0 saturated carbocycles. The Kier molecular flexibility index (Phi) is 32.3. The van der Waals surface area contributed by atoms with Crippen LogP contribution in [0.3, 0.4) is 0 Å². The average Bonchev–Trinajstić information content (AvgIpc) is 3.05. The molecule has 0 radical (unpaired) electrons. The topological polar surface area (TPSA) is 149 Å². The van der Waals surface area contributed by atoms with Gasteiger partial charge < -0.3 is 24.6 Å². The highest BCUT2D eigenvalue weighted by atomic mass is 31.2. The van der Waals surface area contributed by atoms with E-state index in [2.05, 4.69) is 30.5 Å². The van der Waals surface area contributed by atoms with E-state index < -0.39 is 51.8 Å². The number of hydrogen-bond donors (Lipinski definition) is 3. The summed E-state index contributed by atoms with van der Waals surface area (Å²) in [4.78, 5) is 34.7. The first-order chi connectivity index (χ1) is 22.7. The number of esters is 2. The molecular weight excluding hydrogens is 623 g/mol. The molecule has 0 rings (SSSR count). The molecule has 0 aromatic heterocycles. The number of allylic oxidation sites excluding steroid dienone is 2. The Morgan fingerprint density at radius 2 is 1.04 bits per heavy atom. The lowest BCUT2D eigenvalue weighted by molar-refractivity contribution is -0.161. The van der Waals surface area contributed by atoms with E-state index in [-0.39, 0.29) is 19.4 Å². The molecule has 0 aromatic carbocycles. The maximum atomic E-state index is 12.5. The summed E-state index contributed by atoms with van der Waals surface area (Å²) in [6.07, 6.45) is 27.7. The fraction of sp³-hybridized carbons (Fsp3) is 0.889. The smallest absolute Gasteiger partial charge is 0.462 e. The van der Waals surface area contributed by atoms with E-state index in [1.165, 1.54) is 70.6 Å². The van der Waals surface area contributed by atoms with Gasteiger partial charge in [-0.2, -0.15) is 0 Å². The molecule has 0 bridgehead atoms. The maximum Gasteiger partial charge on any atom is 0.472 e. The van der Waals surface area contributed by atoms with Gasteiger partial charge in [-0.1, -0.05) is 129 Å². The van der Waals surface area contributed by atoms with Crippen molar-refractivity contribution in [2.24, 2.45) is 0 Å². The van der Waals surface area contributed by atoms with E-state index >= 15 is 0 Å². The van der Waals surface area contributed by atoms with E-state index in [1.54, 1.807) is 0 Å². The second kappa shape index (κ2) is 33.2. The standard InChI is InChI=1S/C36H69O10P/c1-3-5-7-9-11-13-14-15-16-17-18-19-20-22-24-26-28-36(40)46-34(32-45-47(41,42)44-30-33(38)29-37)31-43-35(39)27-25-23-21-12-10-8-6-4-2/h16-17,33-34,37-38H,3-15,18-32H2,1-2H3,(H,41,42)/b17-16-. The number of rotatable bonds is 35. The molecule has 11 heteroatoms. The molecule has 10 nitrogen and oxygen atoms in total. The van der Waals surface area contributed by atoms with Crippen LogP contribution in [0.4, 0.5) is 0 Å². The first-order valence-electron chi connectivity index (χ1n) is 18.6. The molecule has 0 fully saturated rings. The third kappa shape index (κ3) is 33.0. The van der Waals surface area contributed by atoms with E-state index in [0.717, 1.165) is 57.8 Å². The first-order valence-corrected chi connectivity index (χ1v) is 20.1. The number of phosphoric ester groups is 1. The van der Waals surface area contributed by atoms with Gasteiger partial charge in [0.15, 0.2) is 6.10 Å². The van der Waals surface area contributed by atoms with Gasteiger partial charge in [-0.25, -0.2) is 4.57 Å². The highest BCUT2D eigenvalue weighted by molar-refractivity contribution is 7.47. The molecule has 0 aromatic rings. The second-order valence-electron chi connectivity index (χ2n) is 12.6. The number of phosphoric acid groups is 1. The van der Waals surface area contributed by atoms with Crippen LogP contribution < -0.4 is 0 Å². The van der Waals surface area contributed by atoms with Gasteiger partial charge >= 0.3 is 19.8 Å². The Bertz CT molecular complexity index is 807.